The predicted molar refractivity (Wildman–Crippen MR) is 81.3 cm³/mol. The van der Waals surface area contributed by atoms with Crippen molar-refractivity contribution in [3.63, 3.8) is 0 Å². The Morgan fingerprint density at radius 1 is 1.06 bits per heavy atom. The number of alkyl halides is 1. The van der Waals surface area contributed by atoms with E-state index in [1.54, 1.807) is 18.2 Å². The van der Waals surface area contributed by atoms with Crippen LogP contribution in [-0.2, 0) is 0 Å². The molecule has 0 fully saturated rings. The lowest BCUT2D eigenvalue weighted by Crippen LogP contribution is -1.95. The van der Waals surface area contributed by atoms with Crippen LogP contribution in [0, 0.1) is 5.82 Å². The second-order valence-corrected chi connectivity index (χ2v) is 6.32. The zero-order valence-electron chi connectivity index (χ0n) is 8.93. The summed E-state index contributed by atoms with van der Waals surface area (Å²) in [5.41, 5.74) is 1.64. The van der Waals surface area contributed by atoms with Crippen molar-refractivity contribution in [2.45, 2.75) is 4.83 Å². The van der Waals surface area contributed by atoms with E-state index in [9.17, 15) is 4.39 Å². The molecule has 94 valence electrons. The molecule has 1 unspecified atom stereocenters. The van der Waals surface area contributed by atoms with Gasteiger partial charge in [0.25, 0.3) is 0 Å². The topological polar surface area (TPSA) is 0 Å². The molecular formula is C13H7Br2Cl2F. The third-order valence-corrected chi connectivity index (χ3v) is 4.70. The van der Waals surface area contributed by atoms with Gasteiger partial charge in [-0.05, 0) is 51.3 Å². The van der Waals surface area contributed by atoms with E-state index < -0.39 is 0 Å². The van der Waals surface area contributed by atoms with Crippen LogP contribution in [0.5, 0.6) is 0 Å². The minimum Gasteiger partial charge on any atom is -0.206 e. The summed E-state index contributed by atoms with van der Waals surface area (Å²) in [5.74, 6) is -0.304. The molecule has 0 heterocycles. The van der Waals surface area contributed by atoms with Crippen molar-refractivity contribution < 1.29 is 4.39 Å². The Kier molecular flexibility index (Phi) is 4.70. The monoisotopic (exact) mass is 410 g/mol. The van der Waals surface area contributed by atoms with Crippen molar-refractivity contribution in [1.82, 2.24) is 0 Å². The Morgan fingerprint density at radius 2 is 1.78 bits per heavy atom. The van der Waals surface area contributed by atoms with E-state index in [1.165, 1.54) is 6.07 Å². The van der Waals surface area contributed by atoms with E-state index in [2.05, 4.69) is 31.9 Å². The Morgan fingerprint density at radius 3 is 2.39 bits per heavy atom. The molecule has 0 radical (unpaired) electrons. The summed E-state index contributed by atoms with van der Waals surface area (Å²) >= 11 is 18.6. The smallest absolute Gasteiger partial charge is 0.137 e. The standard InChI is InChI=1S/C13H7Br2Cl2F/c14-10-4-1-7(5-12(10)18)13(15)9-3-2-8(16)6-11(9)17/h1-6,13H. The first-order valence-electron chi connectivity index (χ1n) is 5.03. The van der Waals surface area contributed by atoms with Gasteiger partial charge in [-0.1, -0.05) is 51.3 Å². The zero-order chi connectivity index (χ0) is 13.3. The molecule has 18 heavy (non-hydrogen) atoms. The van der Waals surface area contributed by atoms with Crippen LogP contribution in [0.1, 0.15) is 16.0 Å². The summed E-state index contributed by atoms with van der Waals surface area (Å²) < 4.78 is 13.9. The van der Waals surface area contributed by atoms with Crippen molar-refractivity contribution in [3.05, 3.63) is 67.9 Å². The predicted octanol–water partition coefficient (Wildman–Crippen LogP) is 6.38. The second kappa shape index (κ2) is 5.91. The van der Waals surface area contributed by atoms with Crippen molar-refractivity contribution in [2.75, 3.05) is 0 Å². The van der Waals surface area contributed by atoms with Crippen molar-refractivity contribution >= 4 is 55.1 Å². The molecule has 0 nitrogen and oxygen atoms in total. The molecule has 0 saturated carbocycles. The first-order chi connectivity index (χ1) is 8.49. The third kappa shape index (κ3) is 3.08. The maximum absolute atomic E-state index is 13.5. The minimum absolute atomic E-state index is 0.176. The molecule has 0 spiro atoms. The van der Waals surface area contributed by atoms with Gasteiger partial charge in [0.15, 0.2) is 0 Å². The average Bonchev–Trinajstić information content (AvgIpc) is 2.32. The fourth-order valence-electron chi connectivity index (χ4n) is 1.56. The lowest BCUT2D eigenvalue weighted by Gasteiger charge is -2.13. The molecule has 0 aliphatic carbocycles. The van der Waals surface area contributed by atoms with E-state index in [4.69, 9.17) is 23.2 Å². The van der Waals surface area contributed by atoms with Gasteiger partial charge in [-0.25, -0.2) is 4.39 Å². The van der Waals surface area contributed by atoms with Crippen LogP contribution in [0.15, 0.2) is 40.9 Å². The highest BCUT2D eigenvalue weighted by Gasteiger charge is 2.15. The minimum atomic E-state index is -0.304. The molecule has 0 saturated heterocycles. The number of halogens is 5. The summed E-state index contributed by atoms with van der Waals surface area (Å²) in [4.78, 5) is -0.176. The van der Waals surface area contributed by atoms with Crippen molar-refractivity contribution in [3.8, 4) is 0 Å². The van der Waals surface area contributed by atoms with Crippen LogP contribution in [-0.4, -0.2) is 0 Å². The van der Waals surface area contributed by atoms with E-state index in [0.717, 1.165) is 11.1 Å². The lowest BCUT2D eigenvalue weighted by molar-refractivity contribution is 0.619. The first kappa shape index (κ1) is 14.3. The Labute approximate surface area is 131 Å². The fraction of sp³-hybridized carbons (Fsp3) is 0.0769. The van der Waals surface area contributed by atoms with E-state index in [1.807, 2.05) is 12.1 Å². The van der Waals surface area contributed by atoms with Gasteiger partial charge in [-0.15, -0.1) is 0 Å². The van der Waals surface area contributed by atoms with E-state index >= 15 is 0 Å². The molecule has 2 rings (SSSR count). The molecule has 0 amide bonds. The molecule has 0 aromatic heterocycles. The normalized spacial score (nSPS) is 12.5. The van der Waals surface area contributed by atoms with E-state index in [0.29, 0.717) is 14.5 Å². The van der Waals surface area contributed by atoms with Gasteiger partial charge in [0, 0.05) is 10.0 Å². The quantitative estimate of drug-likeness (QED) is 0.502. The largest absolute Gasteiger partial charge is 0.206 e. The Balaban J connectivity index is 2.41. The number of rotatable bonds is 2. The SMILES string of the molecule is Fc1cc(C(Br)c2ccc(Cl)cc2Cl)ccc1Br. The number of hydrogen-bond acceptors (Lipinski definition) is 0. The molecule has 0 aliphatic rings. The fourth-order valence-corrected chi connectivity index (χ4v) is 3.14. The van der Waals surface area contributed by atoms with Gasteiger partial charge in [-0.3, -0.25) is 0 Å². The van der Waals surface area contributed by atoms with Crippen LogP contribution < -0.4 is 0 Å². The van der Waals surface area contributed by atoms with Crippen molar-refractivity contribution in [1.29, 1.82) is 0 Å². The summed E-state index contributed by atoms with van der Waals surface area (Å²) in [6.07, 6.45) is 0. The molecule has 0 bridgehead atoms. The van der Waals surface area contributed by atoms with Gasteiger partial charge < -0.3 is 0 Å². The van der Waals surface area contributed by atoms with Gasteiger partial charge in [-0.2, -0.15) is 0 Å². The van der Waals surface area contributed by atoms with Gasteiger partial charge in [0.05, 0.1) is 9.30 Å². The van der Waals surface area contributed by atoms with Gasteiger partial charge in [0.2, 0.25) is 0 Å². The summed E-state index contributed by atoms with van der Waals surface area (Å²) in [6.45, 7) is 0. The van der Waals surface area contributed by atoms with Crippen LogP contribution in [0.3, 0.4) is 0 Å². The van der Waals surface area contributed by atoms with Gasteiger partial charge in [0.1, 0.15) is 5.82 Å². The highest BCUT2D eigenvalue weighted by atomic mass is 79.9. The highest BCUT2D eigenvalue weighted by Crippen LogP contribution is 2.37. The number of hydrogen-bond donors (Lipinski definition) is 0. The van der Waals surface area contributed by atoms with E-state index in [-0.39, 0.29) is 10.6 Å². The Hall–Kier alpha value is -0.0900. The van der Waals surface area contributed by atoms with Crippen LogP contribution in [0.25, 0.3) is 0 Å². The third-order valence-electron chi connectivity index (χ3n) is 2.47. The molecule has 1 atom stereocenters. The average molecular weight is 413 g/mol. The maximum Gasteiger partial charge on any atom is 0.137 e. The first-order valence-corrected chi connectivity index (χ1v) is 7.49. The second-order valence-electron chi connectivity index (χ2n) is 3.70. The maximum atomic E-state index is 13.5. The van der Waals surface area contributed by atoms with Crippen LogP contribution in [0.4, 0.5) is 4.39 Å². The molecule has 2 aromatic carbocycles. The summed E-state index contributed by atoms with van der Waals surface area (Å²) in [7, 11) is 0. The Bertz CT molecular complexity index is 587. The lowest BCUT2D eigenvalue weighted by atomic mass is 10.0. The molecule has 0 aliphatic heterocycles. The van der Waals surface area contributed by atoms with Crippen molar-refractivity contribution in [2.24, 2.45) is 0 Å². The van der Waals surface area contributed by atoms with Gasteiger partial charge >= 0.3 is 0 Å². The number of benzene rings is 2. The van der Waals surface area contributed by atoms with Crippen LogP contribution >= 0.6 is 55.1 Å². The summed E-state index contributed by atoms with van der Waals surface area (Å²) in [6, 6.07) is 10.2. The molecule has 2 aromatic rings. The molecular weight excluding hydrogens is 406 g/mol. The zero-order valence-corrected chi connectivity index (χ0v) is 13.6. The molecule has 0 N–H and O–H groups in total. The summed E-state index contributed by atoms with van der Waals surface area (Å²) in [5, 5.41) is 1.12. The van der Waals surface area contributed by atoms with Crippen LogP contribution in [0.2, 0.25) is 10.0 Å². The molecule has 5 heteroatoms. The highest BCUT2D eigenvalue weighted by molar-refractivity contribution is 9.10.